The fourth-order valence-corrected chi connectivity index (χ4v) is 4.31. The van der Waals surface area contributed by atoms with E-state index in [0.717, 1.165) is 23.8 Å². The second kappa shape index (κ2) is 9.07. The molecule has 1 amide bonds. The summed E-state index contributed by atoms with van der Waals surface area (Å²) in [7, 11) is 0. The Labute approximate surface area is 189 Å². The first kappa shape index (κ1) is 21.2. The number of nitrogens with one attached hydrogen (secondary N) is 2. The highest BCUT2D eigenvalue weighted by Crippen LogP contribution is 2.21. The Bertz CT molecular complexity index is 1390. The molecule has 0 aliphatic heterocycles. The molecule has 4 aromatic rings. The molecule has 3 aromatic heterocycles. The zero-order chi connectivity index (χ0) is 22.8. The summed E-state index contributed by atoms with van der Waals surface area (Å²) in [6.07, 6.45) is 6.30. The molecule has 0 spiro atoms. The first-order chi connectivity index (χ1) is 16.1. The molecule has 168 valence electrons. The van der Waals surface area contributed by atoms with E-state index in [4.69, 9.17) is 0 Å². The average Bonchev–Trinajstić information content (AvgIpc) is 3.35. The third kappa shape index (κ3) is 4.61. The monoisotopic (exact) mass is 445 g/mol. The van der Waals surface area contributed by atoms with Crippen molar-refractivity contribution in [2.45, 2.75) is 44.8 Å². The molecule has 0 bridgehead atoms. The van der Waals surface area contributed by atoms with Gasteiger partial charge in [0.05, 0.1) is 5.52 Å². The van der Waals surface area contributed by atoms with E-state index in [2.05, 4.69) is 20.6 Å². The first-order valence-corrected chi connectivity index (χ1v) is 11.1. The number of nitrogens with zero attached hydrogens (tertiary/aromatic N) is 3. The summed E-state index contributed by atoms with van der Waals surface area (Å²) in [5, 5.41) is 7.04. The number of hydrogen-bond donors (Lipinski definition) is 2. The number of carbonyl (C=O) groups is 1. The van der Waals surface area contributed by atoms with Crippen molar-refractivity contribution in [3.8, 4) is 0 Å². The van der Waals surface area contributed by atoms with Gasteiger partial charge in [-0.1, -0.05) is 25.0 Å². The van der Waals surface area contributed by atoms with Crippen molar-refractivity contribution in [1.29, 1.82) is 0 Å². The van der Waals surface area contributed by atoms with Gasteiger partial charge >= 0.3 is 0 Å². The number of hydrogen-bond acceptors (Lipinski definition) is 5. The van der Waals surface area contributed by atoms with Crippen molar-refractivity contribution in [2.24, 2.45) is 0 Å². The van der Waals surface area contributed by atoms with Crippen LogP contribution in [0.5, 0.6) is 0 Å². The van der Waals surface area contributed by atoms with Crippen molar-refractivity contribution in [3.05, 3.63) is 87.9 Å². The van der Waals surface area contributed by atoms with Crippen LogP contribution in [0.2, 0.25) is 0 Å². The smallest absolute Gasteiger partial charge is 0.270 e. The molecule has 1 fully saturated rings. The third-order valence-corrected chi connectivity index (χ3v) is 6.10. The summed E-state index contributed by atoms with van der Waals surface area (Å²) in [5.41, 5.74) is 2.11. The minimum Gasteiger partial charge on any atom is -0.347 e. The summed E-state index contributed by atoms with van der Waals surface area (Å²) in [5.74, 6) is -0.889. The molecule has 0 unspecified atom stereocenters. The van der Waals surface area contributed by atoms with Crippen LogP contribution < -0.4 is 16.2 Å². The average molecular weight is 445 g/mol. The van der Waals surface area contributed by atoms with Crippen LogP contribution >= 0.6 is 0 Å². The van der Waals surface area contributed by atoms with Crippen LogP contribution in [0.3, 0.4) is 0 Å². The Morgan fingerprint density at radius 3 is 2.76 bits per heavy atom. The zero-order valence-electron chi connectivity index (χ0n) is 18.1. The molecule has 0 radical (unpaired) electrons. The molecule has 1 aromatic carbocycles. The maximum atomic E-state index is 14.4. The SMILES string of the molecule is O=C(NCc1ccc2nc(F)c(CNC3CCCC3)cc2c1)c1cc(=O)n2ccccc2n1. The van der Waals surface area contributed by atoms with Crippen molar-refractivity contribution in [2.75, 3.05) is 0 Å². The van der Waals surface area contributed by atoms with Gasteiger partial charge in [0.1, 0.15) is 11.3 Å². The van der Waals surface area contributed by atoms with Crippen LogP contribution in [-0.2, 0) is 13.1 Å². The van der Waals surface area contributed by atoms with E-state index in [9.17, 15) is 14.0 Å². The van der Waals surface area contributed by atoms with Gasteiger partial charge in [-0.25, -0.2) is 9.97 Å². The van der Waals surface area contributed by atoms with Gasteiger partial charge in [0.15, 0.2) is 0 Å². The van der Waals surface area contributed by atoms with Crippen LogP contribution in [0, 0.1) is 5.95 Å². The number of halogens is 1. The van der Waals surface area contributed by atoms with Crippen LogP contribution in [0.15, 0.2) is 59.5 Å². The maximum absolute atomic E-state index is 14.4. The van der Waals surface area contributed by atoms with Gasteiger partial charge in [-0.3, -0.25) is 14.0 Å². The standard InChI is InChI=1S/C25H24FN5O2/c26-24-18(15-27-19-5-1-2-6-19)12-17-11-16(8-9-20(17)30-24)14-28-25(33)21-13-23(32)31-10-4-3-7-22(31)29-21/h3-4,7-13,19,27H,1-2,5-6,14-15H2,(H,28,33). The molecular weight excluding hydrogens is 421 g/mol. The molecule has 7 nitrogen and oxygen atoms in total. The van der Waals surface area contributed by atoms with Crippen molar-refractivity contribution in [3.63, 3.8) is 0 Å². The fourth-order valence-electron chi connectivity index (χ4n) is 4.31. The summed E-state index contributed by atoms with van der Waals surface area (Å²) in [6, 6.07) is 14.1. The van der Waals surface area contributed by atoms with E-state index < -0.39 is 11.9 Å². The molecule has 33 heavy (non-hydrogen) atoms. The Kier molecular flexibility index (Phi) is 5.83. The molecule has 3 heterocycles. The summed E-state index contributed by atoms with van der Waals surface area (Å²) in [4.78, 5) is 33.2. The zero-order valence-corrected chi connectivity index (χ0v) is 18.1. The van der Waals surface area contributed by atoms with Gasteiger partial charge < -0.3 is 10.6 Å². The predicted octanol–water partition coefficient (Wildman–Crippen LogP) is 3.34. The number of carbonyl (C=O) groups excluding carboxylic acids is 1. The van der Waals surface area contributed by atoms with Crippen LogP contribution in [-0.4, -0.2) is 26.3 Å². The van der Waals surface area contributed by atoms with Gasteiger partial charge in [0.2, 0.25) is 5.95 Å². The van der Waals surface area contributed by atoms with Crippen LogP contribution in [0.25, 0.3) is 16.6 Å². The lowest BCUT2D eigenvalue weighted by atomic mass is 10.1. The highest BCUT2D eigenvalue weighted by molar-refractivity contribution is 5.92. The Balaban J connectivity index is 1.30. The van der Waals surface area contributed by atoms with Gasteiger partial charge in [-0.2, -0.15) is 4.39 Å². The number of aromatic nitrogens is 3. The molecule has 0 saturated heterocycles. The van der Waals surface area contributed by atoms with Crippen LogP contribution in [0.4, 0.5) is 4.39 Å². The lowest BCUT2D eigenvalue weighted by Gasteiger charge is -2.13. The van der Waals surface area contributed by atoms with E-state index >= 15 is 0 Å². The van der Waals surface area contributed by atoms with E-state index in [0.29, 0.717) is 29.3 Å². The molecule has 5 rings (SSSR count). The molecule has 1 saturated carbocycles. The highest BCUT2D eigenvalue weighted by Gasteiger charge is 2.16. The van der Waals surface area contributed by atoms with E-state index in [1.54, 1.807) is 36.5 Å². The third-order valence-electron chi connectivity index (χ3n) is 6.10. The Hall–Kier alpha value is -3.65. The topological polar surface area (TPSA) is 88.4 Å². The van der Waals surface area contributed by atoms with Crippen molar-refractivity contribution < 1.29 is 9.18 Å². The predicted molar refractivity (Wildman–Crippen MR) is 123 cm³/mol. The Morgan fingerprint density at radius 2 is 1.91 bits per heavy atom. The van der Waals surface area contributed by atoms with E-state index in [-0.39, 0.29) is 17.8 Å². The second-order valence-corrected chi connectivity index (χ2v) is 8.42. The maximum Gasteiger partial charge on any atom is 0.270 e. The van der Waals surface area contributed by atoms with Crippen LogP contribution in [0.1, 0.15) is 47.3 Å². The number of fused-ring (bicyclic) bond motifs is 2. The van der Waals surface area contributed by atoms with Crippen molar-refractivity contribution >= 4 is 22.5 Å². The quantitative estimate of drug-likeness (QED) is 0.445. The van der Waals surface area contributed by atoms with Gasteiger partial charge in [-0.15, -0.1) is 0 Å². The first-order valence-electron chi connectivity index (χ1n) is 11.1. The van der Waals surface area contributed by atoms with Crippen molar-refractivity contribution in [1.82, 2.24) is 25.0 Å². The normalized spacial score (nSPS) is 14.2. The molecular formula is C25H24FN5O2. The van der Waals surface area contributed by atoms with Gasteiger partial charge in [0, 0.05) is 42.3 Å². The molecule has 0 atom stereocenters. The van der Waals surface area contributed by atoms with E-state index in [1.807, 2.05) is 12.1 Å². The minimum absolute atomic E-state index is 0.0657. The number of benzene rings is 1. The largest absolute Gasteiger partial charge is 0.347 e. The lowest BCUT2D eigenvalue weighted by molar-refractivity contribution is 0.0946. The summed E-state index contributed by atoms with van der Waals surface area (Å²) >= 11 is 0. The summed E-state index contributed by atoms with van der Waals surface area (Å²) < 4.78 is 15.8. The minimum atomic E-state index is -0.456. The molecule has 1 aliphatic rings. The number of amides is 1. The number of pyridine rings is 2. The Morgan fingerprint density at radius 1 is 1.06 bits per heavy atom. The van der Waals surface area contributed by atoms with Gasteiger partial charge in [-0.05, 0) is 48.7 Å². The fraction of sp³-hybridized carbons (Fsp3) is 0.280. The van der Waals surface area contributed by atoms with E-state index in [1.165, 1.54) is 23.3 Å². The second-order valence-electron chi connectivity index (χ2n) is 8.42. The molecule has 8 heteroatoms. The lowest BCUT2D eigenvalue weighted by Crippen LogP contribution is -2.27. The highest BCUT2D eigenvalue weighted by atomic mass is 19.1. The number of rotatable bonds is 6. The molecule has 1 aliphatic carbocycles. The summed E-state index contributed by atoms with van der Waals surface area (Å²) in [6.45, 7) is 0.696. The molecule has 2 N–H and O–H groups in total. The van der Waals surface area contributed by atoms with Gasteiger partial charge in [0.25, 0.3) is 11.5 Å².